The first kappa shape index (κ1) is 17.4. The number of aryl methyl sites for hydroxylation is 1. The van der Waals surface area contributed by atoms with E-state index in [0.29, 0.717) is 10.6 Å². The molecule has 0 radical (unpaired) electrons. The second kappa shape index (κ2) is 8.13. The van der Waals surface area contributed by atoms with E-state index in [1.807, 2.05) is 43.3 Å². The lowest BCUT2D eigenvalue weighted by Crippen LogP contribution is -2.11. The Balaban J connectivity index is 1.75. The third-order valence-corrected chi connectivity index (χ3v) is 4.47. The summed E-state index contributed by atoms with van der Waals surface area (Å²) in [5, 5.41) is 4.86. The number of carbonyl (C=O) groups excluding carboxylic acids is 1. The first-order chi connectivity index (χ1) is 12.1. The van der Waals surface area contributed by atoms with E-state index >= 15 is 0 Å². The van der Waals surface area contributed by atoms with Crippen LogP contribution in [0, 0.1) is 6.92 Å². The van der Waals surface area contributed by atoms with Crippen molar-refractivity contribution in [3.8, 4) is 0 Å². The van der Waals surface area contributed by atoms with Gasteiger partial charge in [-0.05, 0) is 74.1 Å². The van der Waals surface area contributed by atoms with E-state index in [-0.39, 0.29) is 0 Å². The number of halogens is 1. The van der Waals surface area contributed by atoms with E-state index in [1.165, 1.54) is 0 Å². The zero-order valence-corrected chi connectivity index (χ0v) is 14.9. The molecule has 4 heteroatoms. The molecule has 1 saturated carbocycles. The summed E-state index contributed by atoms with van der Waals surface area (Å²) >= 11 is 5.93. The quantitative estimate of drug-likeness (QED) is 0.515. The first-order valence-electron chi connectivity index (χ1n) is 8.43. The molecule has 0 aromatic heterocycles. The first-order valence-corrected chi connectivity index (χ1v) is 8.81. The number of carbonyl (C=O) groups is 1. The van der Waals surface area contributed by atoms with Crippen molar-refractivity contribution in [1.29, 1.82) is 0 Å². The standard InChI is InChI=1S/C21H20ClNO2/c1-15-6-10-17(11-7-15)21(24)25-23-20-5-3-2-4-18(20)14-16-8-12-19(22)13-9-16/h6-14H,2-5H2,1H3/b18-14+,23-20+. The Hall–Kier alpha value is -2.39. The van der Waals surface area contributed by atoms with Crippen molar-refractivity contribution in [3.05, 3.63) is 75.8 Å². The van der Waals surface area contributed by atoms with Crippen LogP contribution in [0.4, 0.5) is 0 Å². The number of hydrogen-bond donors (Lipinski definition) is 0. The number of rotatable bonds is 3. The van der Waals surface area contributed by atoms with Gasteiger partial charge in [0.15, 0.2) is 0 Å². The van der Waals surface area contributed by atoms with Gasteiger partial charge in [-0.1, -0.05) is 46.6 Å². The van der Waals surface area contributed by atoms with Crippen LogP contribution in [0.3, 0.4) is 0 Å². The number of benzene rings is 2. The molecule has 1 aliphatic carbocycles. The molecule has 3 rings (SSSR count). The zero-order chi connectivity index (χ0) is 17.6. The highest BCUT2D eigenvalue weighted by Gasteiger charge is 2.15. The summed E-state index contributed by atoms with van der Waals surface area (Å²) < 4.78 is 0. The molecule has 1 fully saturated rings. The summed E-state index contributed by atoms with van der Waals surface area (Å²) in [5.41, 5.74) is 4.64. The molecule has 2 aromatic rings. The molecular formula is C21H20ClNO2. The smallest absolute Gasteiger partial charge is 0.313 e. The van der Waals surface area contributed by atoms with Gasteiger partial charge in [-0.2, -0.15) is 0 Å². The second-order valence-corrected chi connectivity index (χ2v) is 6.65. The lowest BCUT2D eigenvalue weighted by atomic mass is 9.91. The van der Waals surface area contributed by atoms with Gasteiger partial charge in [-0.3, -0.25) is 0 Å². The van der Waals surface area contributed by atoms with Crippen LogP contribution in [-0.4, -0.2) is 11.7 Å². The van der Waals surface area contributed by atoms with Crippen molar-refractivity contribution in [2.75, 3.05) is 0 Å². The van der Waals surface area contributed by atoms with Gasteiger partial charge in [0.2, 0.25) is 0 Å². The molecule has 2 aromatic carbocycles. The van der Waals surface area contributed by atoms with E-state index in [0.717, 1.165) is 48.1 Å². The SMILES string of the molecule is Cc1ccc(C(=O)O/N=C2\CCCC\C2=C/c2ccc(Cl)cc2)cc1. The lowest BCUT2D eigenvalue weighted by molar-refractivity contribution is 0.0515. The molecule has 0 heterocycles. The molecule has 0 unspecified atom stereocenters. The molecule has 3 nitrogen and oxygen atoms in total. The largest absolute Gasteiger partial charge is 0.365 e. The summed E-state index contributed by atoms with van der Waals surface area (Å²) in [5.74, 6) is -0.427. The molecule has 0 N–H and O–H groups in total. The molecule has 0 aliphatic heterocycles. The van der Waals surface area contributed by atoms with Crippen molar-refractivity contribution in [2.45, 2.75) is 32.6 Å². The van der Waals surface area contributed by atoms with Gasteiger partial charge in [0.05, 0.1) is 11.3 Å². The fourth-order valence-electron chi connectivity index (χ4n) is 2.77. The third-order valence-electron chi connectivity index (χ3n) is 4.22. The van der Waals surface area contributed by atoms with Crippen LogP contribution >= 0.6 is 11.6 Å². The highest BCUT2D eigenvalue weighted by Crippen LogP contribution is 2.24. The van der Waals surface area contributed by atoms with Crippen LogP contribution in [0.5, 0.6) is 0 Å². The molecular weight excluding hydrogens is 334 g/mol. The highest BCUT2D eigenvalue weighted by atomic mass is 35.5. The van der Waals surface area contributed by atoms with Crippen LogP contribution < -0.4 is 0 Å². The minimum absolute atomic E-state index is 0.427. The Labute approximate surface area is 153 Å². The Kier molecular flexibility index (Phi) is 5.67. The zero-order valence-electron chi connectivity index (χ0n) is 14.2. The van der Waals surface area contributed by atoms with Gasteiger partial charge >= 0.3 is 5.97 Å². The normalized spacial score (nSPS) is 17.7. The van der Waals surface area contributed by atoms with Crippen molar-refractivity contribution in [1.82, 2.24) is 0 Å². The molecule has 0 saturated heterocycles. The summed E-state index contributed by atoms with van der Waals surface area (Å²) in [6.45, 7) is 1.98. The topological polar surface area (TPSA) is 38.7 Å². The fourth-order valence-corrected chi connectivity index (χ4v) is 2.90. The second-order valence-electron chi connectivity index (χ2n) is 6.21. The maximum atomic E-state index is 12.1. The van der Waals surface area contributed by atoms with Gasteiger partial charge < -0.3 is 4.84 Å². The van der Waals surface area contributed by atoms with E-state index in [9.17, 15) is 4.79 Å². The van der Waals surface area contributed by atoms with E-state index in [4.69, 9.17) is 16.4 Å². The maximum absolute atomic E-state index is 12.1. The lowest BCUT2D eigenvalue weighted by Gasteiger charge is -2.16. The van der Waals surface area contributed by atoms with E-state index in [1.54, 1.807) is 12.1 Å². The maximum Gasteiger partial charge on any atom is 0.365 e. The van der Waals surface area contributed by atoms with Crippen LogP contribution in [0.2, 0.25) is 5.02 Å². The van der Waals surface area contributed by atoms with Crippen LogP contribution in [0.15, 0.2) is 59.3 Å². The Morgan fingerprint density at radius 1 is 1.04 bits per heavy atom. The molecule has 0 bridgehead atoms. The van der Waals surface area contributed by atoms with E-state index < -0.39 is 5.97 Å². The minimum Gasteiger partial charge on any atom is -0.313 e. The predicted octanol–water partition coefficient (Wildman–Crippen LogP) is 5.82. The summed E-state index contributed by atoms with van der Waals surface area (Å²) in [6, 6.07) is 15.0. The average Bonchev–Trinajstić information content (AvgIpc) is 2.63. The highest BCUT2D eigenvalue weighted by molar-refractivity contribution is 6.30. The van der Waals surface area contributed by atoms with E-state index in [2.05, 4.69) is 11.2 Å². The van der Waals surface area contributed by atoms with Crippen molar-refractivity contribution in [2.24, 2.45) is 5.16 Å². The fraction of sp³-hybridized carbons (Fsp3) is 0.238. The van der Waals surface area contributed by atoms with Crippen molar-refractivity contribution >= 4 is 29.4 Å². The number of hydrogen-bond acceptors (Lipinski definition) is 3. The van der Waals surface area contributed by atoms with Crippen molar-refractivity contribution in [3.63, 3.8) is 0 Å². The van der Waals surface area contributed by atoms with Crippen molar-refractivity contribution < 1.29 is 9.63 Å². The molecule has 128 valence electrons. The van der Waals surface area contributed by atoms with Gasteiger partial charge in [0.25, 0.3) is 0 Å². The van der Waals surface area contributed by atoms with Gasteiger partial charge in [0, 0.05) is 5.02 Å². The molecule has 0 amide bonds. The average molecular weight is 354 g/mol. The van der Waals surface area contributed by atoms with Crippen LogP contribution in [-0.2, 0) is 4.84 Å². The van der Waals surface area contributed by atoms with Crippen LogP contribution in [0.25, 0.3) is 6.08 Å². The summed E-state index contributed by atoms with van der Waals surface area (Å²) in [7, 11) is 0. The Morgan fingerprint density at radius 3 is 2.44 bits per heavy atom. The Morgan fingerprint density at radius 2 is 1.72 bits per heavy atom. The van der Waals surface area contributed by atoms with Crippen LogP contribution in [0.1, 0.15) is 47.2 Å². The Bertz CT molecular complexity index is 805. The monoisotopic (exact) mass is 353 g/mol. The van der Waals surface area contributed by atoms with Gasteiger partial charge in [0.1, 0.15) is 0 Å². The summed E-state index contributed by atoms with van der Waals surface area (Å²) in [4.78, 5) is 17.3. The molecule has 0 spiro atoms. The predicted molar refractivity (Wildman–Crippen MR) is 102 cm³/mol. The molecule has 25 heavy (non-hydrogen) atoms. The minimum atomic E-state index is -0.427. The third kappa shape index (κ3) is 4.80. The number of allylic oxidation sites excluding steroid dienone is 1. The molecule has 0 atom stereocenters. The number of nitrogens with zero attached hydrogens (tertiary/aromatic N) is 1. The number of oxime groups is 1. The van der Waals surface area contributed by atoms with Gasteiger partial charge in [-0.15, -0.1) is 0 Å². The summed E-state index contributed by atoms with van der Waals surface area (Å²) in [6.07, 6.45) is 6.02. The molecule has 1 aliphatic rings. The van der Waals surface area contributed by atoms with Gasteiger partial charge in [-0.25, -0.2) is 4.79 Å².